The molecule has 2 aromatic heterocycles. The van der Waals surface area contributed by atoms with Crippen molar-refractivity contribution < 1.29 is 9.63 Å². The number of pyridine rings is 1. The first-order valence-electron chi connectivity index (χ1n) is 6.24. The van der Waals surface area contributed by atoms with Crippen LogP contribution in [0.2, 0.25) is 0 Å². The largest absolute Gasteiger partial charge is 0.507 e. The van der Waals surface area contributed by atoms with Crippen LogP contribution in [0.15, 0.2) is 47.2 Å². The normalized spacial score (nSPS) is 10.7. The van der Waals surface area contributed by atoms with Gasteiger partial charge in [-0.1, -0.05) is 17.3 Å². The highest BCUT2D eigenvalue weighted by Crippen LogP contribution is 2.28. The van der Waals surface area contributed by atoms with Crippen molar-refractivity contribution in [3.63, 3.8) is 0 Å². The lowest BCUT2D eigenvalue weighted by molar-refractivity contribution is 0.418. The van der Waals surface area contributed by atoms with E-state index in [0.29, 0.717) is 23.7 Å². The predicted octanol–water partition coefficient (Wildman–Crippen LogP) is 2.74. The summed E-state index contributed by atoms with van der Waals surface area (Å²) in [6.07, 6.45) is 4.03. The van der Waals surface area contributed by atoms with Gasteiger partial charge in [0.25, 0.3) is 5.89 Å². The van der Waals surface area contributed by atoms with E-state index >= 15 is 0 Å². The molecule has 2 heterocycles. The summed E-state index contributed by atoms with van der Waals surface area (Å²) in [5.41, 5.74) is 2.52. The lowest BCUT2D eigenvalue weighted by atomic mass is 10.1. The molecule has 0 bridgehead atoms. The molecule has 5 heteroatoms. The van der Waals surface area contributed by atoms with E-state index in [1.807, 2.05) is 25.1 Å². The number of benzene rings is 1. The molecule has 1 aromatic carbocycles. The molecule has 0 fully saturated rings. The Morgan fingerprint density at radius 3 is 2.90 bits per heavy atom. The zero-order valence-corrected chi connectivity index (χ0v) is 10.9. The van der Waals surface area contributed by atoms with Crippen molar-refractivity contribution in [2.75, 3.05) is 0 Å². The average molecular weight is 267 g/mol. The SMILES string of the molecule is Cc1ccc(-c2nc(Cc3cccnc3)no2)c(O)c1. The molecular formula is C15H13N3O2. The zero-order valence-electron chi connectivity index (χ0n) is 10.9. The lowest BCUT2D eigenvalue weighted by Crippen LogP contribution is -1.91. The summed E-state index contributed by atoms with van der Waals surface area (Å²) in [4.78, 5) is 8.34. The Morgan fingerprint density at radius 1 is 1.25 bits per heavy atom. The fourth-order valence-corrected chi connectivity index (χ4v) is 1.94. The minimum absolute atomic E-state index is 0.140. The van der Waals surface area contributed by atoms with Gasteiger partial charge in [0, 0.05) is 18.8 Å². The Kier molecular flexibility index (Phi) is 3.16. The number of hydrogen-bond acceptors (Lipinski definition) is 5. The molecule has 0 radical (unpaired) electrons. The average Bonchev–Trinajstić information content (AvgIpc) is 2.88. The molecule has 0 aliphatic carbocycles. The van der Waals surface area contributed by atoms with E-state index < -0.39 is 0 Å². The first kappa shape index (κ1) is 12.3. The number of hydrogen-bond donors (Lipinski definition) is 1. The summed E-state index contributed by atoms with van der Waals surface area (Å²) in [6, 6.07) is 9.14. The highest BCUT2D eigenvalue weighted by atomic mass is 16.5. The Bertz CT molecular complexity index is 723. The summed E-state index contributed by atoms with van der Waals surface area (Å²) < 4.78 is 5.20. The number of aromatic nitrogens is 3. The standard InChI is InChI=1S/C15H13N3O2/c1-10-4-5-12(13(19)7-10)15-17-14(18-20-15)8-11-3-2-6-16-9-11/h2-7,9,19H,8H2,1H3. The maximum Gasteiger partial charge on any atom is 0.261 e. The molecule has 0 spiro atoms. The summed E-state index contributed by atoms with van der Waals surface area (Å²) in [6.45, 7) is 1.91. The van der Waals surface area contributed by atoms with Gasteiger partial charge in [-0.2, -0.15) is 4.98 Å². The van der Waals surface area contributed by atoms with Crippen molar-refractivity contribution in [2.45, 2.75) is 13.3 Å². The van der Waals surface area contributed by atoms with Gasteiger partial charge in [0.2, 0.25) is 0 Å². The van der Waals surface area contributed by atoms with Crippen LogP contribution in [0.4, 0.5) is 0 Å². The molecule has 0 saturated heterocycles. The van der Waals surface area contributed by atoms with Crippen LogP contribution in [0, 0.1) is 6.92 Å². The van der Waals surface area contributed by atoms with E-state index in [2.05, 4.69) is 15.1 Å². The lowest BCUT2D eigenvalue weighted by Gasteiger charge is -1.99. The first-order valence-corrected chi connectivity index (χ1v) is 6.24. The molecule has 0 saturated carbocycles. The number of rotatable bonds is 3. The van der Waals surface area contributed by atoms with Gasteiger partial charge in [0.15, 0.2) is 5.82 Å². The molecule has 1 N–H and O–H groups in total. The van der Waals surface area contributed by atoms with Crippen LogP contribution in [0.5, 0.6) is 5.75 Å². The minimum Gasteiger partial charge on any atom is -0.507 e. The van der Waals surface area contributed by atoms with Crippen molar-refractivity contribution in [1.29, 1.82) is 0 Å². The van der Waals surface area contributed by atoms with E-state index in [0.717, 1.165) is 11.1 Å². The summed E-state index contributed by atoms with van der Waals surface area (Å²) in [5, 5.41) is 13.8. The Labute approximate surface area is 115 Å². The van der Waals surface area contributed by atoms with E-state index in [-0.39, 0.29) is 5.75 Å². The van der Waals surface area contributed by atoms with Crippen molar-refractivity contribution in [3.8, 4) is 17.2 Å². The van der Waals surface area contributed by atoms with Crippen LogP contribution in [0.25, 0.3) is 11.5 Å². The van der Waals surface area contributed by atoms with Gasteiger partial charge >= 0.3 is 0 Å². The molecule has 5 nitrogen and oxygen atoms in total. The highest BCUT2D eigenvalue weighted by Gasteiger charge is 2.13. The van der Waals surface area contributed by atoms with Gasteiger partial charge in [-0.25, -0.2) is 0 Å². The first-order chi connectivity index (χ1) is 9.72. The molecule has 0 aliphatic rings. The van der Waals surface area contributed by atoms with E-state index in [9.17, 15) is 5.11 Å². The number of nitrogens with zero attached hydrogens (tertiary/aromatic N) is 3. The van der Waals surface area contributed by atoms with Gasteiger partial charge < -0.3 is 9.63 Å². The Balaban J connectivity index is 1.87. The molecule has 100 valence electrons. The molecule has 20 heavy (non-hydrogen) atoms. The summed E-state index contributed by atoms with van der Waals surface area (Å²) in [5.74, 6) is 1.02. The zero-order chi connectivity index (χ0) is 13.9. The van der Waals surface area contributed by atoms with E-state index in [4.69, 9.17) is 4.52 Å². The van der Waals surface area contributed by atoms with Gasteiger partial charge in [-0.15, -0.1) is 0 Å². The fraction of sp³-hybridized carbons (Fsp3) is 0.133. The molecule has 0 aliphatic heterocycles. The second kappa shape index (κ2) is 5.13. The van der Waals surface area contributed by atoms with Crippen molar-refractivity contribution in [2.24, 2.45) is 0 Å². The van der Waals surface area contributed by atoms with Gasteiger partial charge in [-0.3, -0.25) is 4.98 Å². The molecule has 0 atom stereocenters. The van der Waals surface area contributed by atoms with Crippen LogP contribution < -0.4 is 0 Å². The topological polar surface area (TPSA) is 72.0 Å². The van der Waals surface area contributed by atoms with Gasteiger partial charge in [-0.05, 0) is 36.2 Å². The number of aromatic hydroxyl groups is 1. The van der Waals surface area contributed by atoms with E-state index in [1.54, 1.807) is 24.5 Å². The van der Waals surface area contributed by atoms with Crippen LogP contribution >= 0.6 is 0 Å². The highest BCUT2D eigenvalue weighted by molar-refractivity contribution is 5.62. The van der Waals surface area contributed by atoms with Crippen molar-refractivity contribution in [3.05, 3.63) is 59.7 Å². The smallest absolute Gasteiger partial charge is 0.261 e. The van der Waals surface area contributed by atoms with Gasteiger partial charge in [0.1, 0.15) is 5.75 Å². The molecule has 3 rings (SSSR count). The van der Waals surface area contributed by atoms with Crippen LogP contribution in [-0.4, -0.2) is 20.2 Å². The third kappa shape index (κ3) is 2.51. The number of phenolic OH excluding ortho intramolecular Hbond substituents is 1. The van der Waals surface area contributed by atoms with Crippen LogP contribution in [0.3, 0.4) is 0 Å². The van der Waals surface area contributed by atoms with Crippen LogP contribution in [0.1, 0.15) is 17.0 Å². The predicted molar refractivity (Wildman–Crippen MR) is 73.2 cm³/mol. The van der Waals surface area contributed by atoms with Crippen molar-refractivity contribution >= 4 is 0 Å². The molecule has 0 amide bonds. The monoisotopic (exact) mass is 267 g/mol. The van der Waals surface area contributed by atoms with Crippen LogP contribution in [-0.2, 0) is 6.42 Å². The fourth-order valence-electron chi connectivity index (χ4n) is 1.94. The minimum atomic E-state index is 0.140. The number of phenols is 1. The van der Waals surface area contributed by atoms with Gasteiger partial charge in [0.05, 0.1) is 5.56 Å². The quantitative estimate of drug-likeness (QED) is 0.790. The Hall–Kier alpha value is -2.69. The summed E-state index contributed by atoms with van der Waals surface area (Å²) >= 11 is 0. The second-order valence-electron chi connectivity index (χ2n) is 4.57. The van der Waals surface area contributed by atoms with E-state index in [1.165, 1.54) is 0 Å². The maximum atomic E-state index is 9.91. The molecule has 0 unspecified atom stereocenters. The number of aryl methyl sites for hydroxylation is 1. The molecule has 3 aromatic rings. The third-order valence-electron chi connectivity index (χ3n) is 2.94. The maximum absolute atomic E-state index is 9.91. The second-order valence-corrected chi connectivity index (χ2v) is 4.57. The molecular weight excluding hydrogens is 254 g/mol. The van der Waals surface area contributed by atoms with Crippen molar-refractivity contribution in [1.82, 2.24) is 15.1 Å². The summed E-state index contributed by atoms with van der Waals surface area (Å²) in [7, 11) is 0. The third-order valence-corrected chi connectivity index (χ3v) is 2.94. The Morgan fingerprint density at radius 2 is 2.15 bits per heavy atom.